The van der Waals surface area contributed by atoms with E-state index in [1.807, 2.05) is 6.92 Å². The minimum atomic E-state index is -4.78. The monoisotopic (exact) mass is 369 g/mol. The van der Waals surface area contributed by atoms with E-state index in [1.165, 1.54) is 16.9 Å². The number of hydrogen-bond donors (Lipinski definition) is 3. The molecule has 1 aliphatic carbocycles. The molecule has 0 aromatic carbocycles. The van der Waals surface area contributed by atoms with E-state index >= 15 is 0 Å². The molecule has 140 valence electrons. The molecule has 1 aliphatic rings. The minimum absolute atomic E-state index is 0.0916. The Morgan fingerprint density at radius 3 is 2.65 bits per heavy atom. The van der Waals surface area contributed by atoms with Crippen LogP contribution in [-0.4, -0.2) is 38.1 Å². The third kappa shape index (κ3) is 4.31. The molecule has 1 saturated carbocycles. The normalized spacial score (nSPS) is 16.8. The second kappa shape index (κ2) is 6.94. The number of alkyl halides is 3. The molecule has 0 spiro atoms. The number of nitrogens with one attached hydrogen (secondary N) is 2. The summed E-state index contributed by atoms with van der Waals surface area (Å²) in [7, 11) is 0. The van der Waals surface area contributed by atoms with Crippen LogP contribution in [0.4, 0.5) is 23.8 Å². The fraction of sp³-hybridized carbons (Fsp3) is 0.438. The third-order valence-corrected chi connectivity index (χ3v) is 4.14. The molecular weight excluding hydrogens is 351 g/mol. The topological polar surface area (TPSA) is 92.1 Å². The van der Waals surface area contributed by atoms with Gasteiger partial charge in [-0.3, -0.25) is 10.3 Å². The molecule has 0 bridgehead atoms. The maximum Gasteiger partial charge on any atom is 0.420 e. The van der Waals surface area contributed by atoms with Gasteiger partial charge in [0, 0.05) is 18.3 Å². The molecule has 2 amide bonds. The number of aliphatic hydroxyl groups is 1. The lowest BCUT2D eigenvalue weighted by atomic mass is 10.2. The first-order valence-electron chi connectivity index (χ1n) is 8.08. The predicted octanol–water partition coefficient (Wildman–Crippen LogP) is 2.78. The molecule has 26 heavy (non-hydrogen) atoms. The van der Waals surface area contributed by atoms with Gasteiger partial charge in [-0.1, -0.05) is 0 Å². The maximum atomic E-state index is 12.5. The van der Waals surface area contributed by atoms with Crippen LogP contribution in [0.25, 0.3) is 5.69 Å². The zero-order valence-electron chi connectivity index (χ0n) is 13.9. The second-order valence-electron chi connectivity index (χ2n) is 6.26. The highest BCUT2D eigenvalue weighted by Crippen LogP contribution is 2.32. The Morgan fingerprint density at radius 2 is 2.08 bits per heavy atom. The largest absolute Gasteiger partial charge is 0.420 e. The number of urea groups is 1. The van der Waals surface area contributed by atoms with Crippen molar-refractivity contribution in [1.29, 1.82) is 0 Å². The molecule has 2 aromatic heterocycles. The van der Waals surface area contributed by atoms with Gasteiger partial charge in [0.15, 0.2) is 11.9 Å². The van der Waals surface area contributed by atoms with Crippen LogP contribution in [0.2, 0.25) is 0 Å². The Balaban J connectivity index is 1.63. The zero-order chi connectivity index (χ0) is 18.9. The number of amides is 2. The molecule has 3 N–H and O–H groups in total. The Morgan fingerprint density at radius 1 is 1.35 bits per heavy atom. The Kier molecular flexibility index (Phi) is 4.86. The highest BCUT2D eigenvalue weighted by molar-refractivity contribution is 5.88. The Labute approximate surface area is 147 Å². The molecule has 1 unspecified atom stereocenters. The standard InChI is InChI=1S/C16H18F3N5O2/c1-9(10-2-3-10)21-15(26)22-13-6-7-24(23-13)11-4-5-12(20-8-11)14(25)16(17,18)19/h4-10,14,25H,2-3H2,1H3,(H2,21,22,23,26)/t9-,14?/m0/s1. The molecule has 0 saturated heterocycles. The molecule has 0 radical (unpaired) electrons. The summed E-state index contributed by atoms with van der Waals surface area (Å²) >= 11 is 0. The van der Waals surface area contributed by atoms with Gasteiger partial charge in [-0.15, -0.1) is 5.10 Å². The first-order valence-corrected chi connectivity index (χ1v) is 8.08. The van der Waals surface area contributed by atoms with E-state index in [0.717, 1.165) is 25.1 Å². The number of aromatic nitrogens is 3. The Bertz CT molecular complexity index is 771. The molecular formula is C16H18F3N5O2. The van der Waals surface area contributed by atoms with E-state index in [-0.39, 0.29) is 12.1 Å². The number of aliphatic hydroxyl groups excluding tert-OH is 1. The second-order valence-corrected chi connectivity index (χ2v) is 6.26. The van der Waals surface area contributed by atoms with Gasteiger partial charge in [0.2, 0.25) is 0 Å². The number of carbonyl (C=O) groups excluding carboxylic acids is 1. The number of carbonyl (C=O) groups is 1. The van der Waals surface area contributed by atoms with Gasteiger partial charge in [-0.25, -0.2) is 9.48 Å². The minimum Gasteiger partial charge on any atom is -0.378 e. The van der Waals surface area contributed by atoms with Crippen molar-refractivity contribution in [1.82, 2.24) is 20.1 Å². The number of pyridine rings is 1. The van der Waals surface area contributed by atoms with Crippen molar-refractivity contribution in [3.63, 3.8) is 0 Å². The quantitative estimate of drug-likeness (QED) is 0.756. The van der Waals surface area contributed by atoms with Gasteiger partial charge in [0.05, 0.1) is 17.6 Å². The van der Waals surface area contributed by atoms with Crippen LogP contribution in [0.1, 0.15) is 31.6 Å². The van der Waals surface area contributed by atoms with E-state index < -0.39 is 18.0 Å². The number of anilines is 1. The third-order valence-electron chi connectivity index (χ3n) is 4.14. The zero-order valence-corrected chi connectivity index (χ0v) is 13.9. The van der Waals surface area contributed by atoms with Crippen molar-refractivity contribution in [2.75, 3.05) is 5.32 Å². The van der Waals surface area contributed by atoms with Crippen LogP contribution in [0.3, 0.4) is 0 Å². The molecule has 7 nitrogen and oxygen atoms in total. The number of nitrogens with zero attached hydrogens (tertiary/aromatic N) is 3. The lowest BCUT2D eigenvalue weighted by Gasteiger charge is -2.14. The molecule has 10 heteroatoms. The number of halogens is 3. The van der Waals surface area contributed by atoms with Crippen molar-refractivity contribution < 1.29 is 23.1 Å². The van der Waals surface area contributed by atoms with Gasteiger partial charge >= 0.3 is 12.2 Å². The molecule has 1 fully saturated rings. The average Bonchev–Trinajstić information content (AvgIpc) is 3.34. The summed E-state index contributed by atoms with van der Waals surface area (Å²) in [4.78, 5) is 15.5. The van der Waals surface area contributed by atoms with Gasteiger partial charge in [0.25, 0.3) is 0 Å². The molecule has 3 rings (SSSR count). The predicted molar refractivity (Wildman–Crippen MR) is 86.7 cm³/mol. The fourth-order valence-corrected chi connectivity index (χ4v) is 2.47. The summed E-state index contributed by atoms with van der Waals surface area (Å²) in [6.07, 6.45) is -2.48. The van der Waals surface area contributed by atoms with E-state index in [2.05, 4.69) is 20.7 Å². The van der Waals surface area contributed by atoms with Crippen LogP contribution in [0, 0.1) is 5.92 Å². The lowest BCUT2D eigenvalue weighted by molar-refractivity contribution is -0.207. The SMILES string of the molecule is C[C@H](NC(=O)Nc1ccn(-c2ccc(C(O)C(F)(F)F)nc2)n1)C1CC1. The average molecular weight is 369 g/mol. The van der Waals surface area contributed by atoms with Crippen LogP contribution in [0.5, 0.6) is 0 Å². The first-order chi connectivity index (χ1) is 12.2. The molecule has 2 atom stereocenters. The van der Waals surface area contributed by atoms with Gasteiger partial charge in [-0.05, 0) is 37.8 Å². The van der Waals surface area contributed by atoms with Crippen molar-refractivity contribution in [3.8, 4) is 5.69 Å². The van der Waals surface area contributed by atoms with Crippen molar-refractivity contribution in [2.24, 2.45) is 5.92 Å². The summed E-state index contributed by atoms with van der Waals surface area (Å²) in [6.45, 7) is 1.94. The smallest absolute Gasteiger partial charge is 0.378 e. The summed E-state index contributed by atoms with van der Waals surface area (Å²) in [5.41, 5.74) is -0.108. The first kappa shape index (κ1) is 18.2. The van der Waals surface area contributed by atoms with Crippen LogP contribution in [0.15, 0.2) is 30.6 Å². The molecule has 2 aromatic rings. The van der Waals surface area contributed by atoms with Crippen LogP contribution in [-0.2, 0) is 0 Å². The van der Waals surface area contributed by atoms with Gasteiger partial charge in [-0.2, -0.15) is 13.2 Å². The van der Waals surface area contributed by atoms with Crippen molar-refractivity contribution in [2.45, 2.75) is 38.1 Å². The highest BCUT2D eigenvalue weighted by Gasteiger charge is 2.40. The highest BCUT2D eigenvalue weighted by atomic mass is 19.4. The fourth-order valence-electron chi connectivity index (χ4n) is 2.47. The summed E-state index contributed by atoms with van der Waals surface area (Å²) in [5, 5.41) is 18.7. The Hall–Kier alpha value is -2.62. The van der Waals surface area contributed by atoms with Crippen LogP contribution >= 0.6 is 0 Å². The van der Waals surface area contributed by atoms with E-state index in [9.17, 15) is 23.1 Å². The van der Waals surface area contributed by atoms with Gasteiger partial charge in [0.1, 0.15) is 0 Å². The van der Waals surface area contributed by atoms with E-state index in [4.69, 9.17) is 0 Å². The van der Waals surface area contributed by atoms with Gasteiger partial charge < -0.3 is 10.4 Å². The summed E-state index contributed by atoms with van der Waals surface area (Å²) in [5.74, 6) is 0.819. The van der Waals surface area contributed by atoms with Crippen molar-refractivity contribution >= 4 is 11.8 Å². The van der Waals surface area contributed by atoms with Crippen LogP contribution < -0.4 is 10.6 Å². The summed E-state index contributed by atoms with van der Waals surface area (Å²) in [6, 6.07) is 3.71. The van der Waals surface area contributed by atoms with E-state index in [1.54, 1.807) is 6.07 Å². The number of rotatable bonds is 5. The lowest BCUT2D eigenvalue weighted by Crippen LogP contribution is -2.37. The van der Waals surface area contributed by atoms with Crippen molar-refractivity contribution in [3.05, 3.63) is 36.3 Å². The molecule has 0 aliphatic heterocycles. The number of hydrogen-bond acceptors (Lipinski definition) is 4. The van der Waals surface area contributed by atoms with E-state index in [0.29, 0.717) is 17.4 Å². The maximum absolute atomic E-state index is 12.5. The molecule has 2 heterocycles. The summed E-state index contributed by atoms with van der Waals surface area (Å²) < 4.78 is 38.8.